The first kappa shape index (κ1) is 13.7. The van der Waals surface area contributed by atoms with E-state index < -0.39 is 0 Å². The number of fused-ring (bicyclic) bond motifs is 1. The van der Waals surface area contributed by atoms with Gasteiger partial charge in [0.1, 0.15) is 0 Å². The summed E-state index contributed by atoms with van der Waals surface area (Å²) in [6.45, 7) is 2.25. The van der Waals surface area contributed by atoms with E-state index in [4.69, 9.17) is 4.74 Å². The largest absolute Gasteiger partial charge is 0.383 e. The number of nitrogens with one attached hydrogen (secondary N) is 1. The van der Waals surface area contributed by atoms with Gasteiger partial charge >= 0.3 is 0 Å². The first-order valence-electron chi connectivity index (χ1n) is 6.97. The summed E-state index contributed by atoms with van der Waals surface area (Å²) in [6.07, 6.45) is 3.78. The summed E-state index contributed by atoms with van der Waals surface area (Å²) in [5.74, 6) is 0. The Morgan fingerprint density at radius 3 is 3.00 bits per heavy atom. The molecule has 5 nitrogen and oxygen atoms in total. The van der Waals surface area contributed by atoms with Crippen LogP contribution in [0.25, 0.3) is 16.6 Å². The second kappa shape index (κ2) is 6.47. The molecule has 0 saturated heterocycles. The van der Waals surface area contributed by atoms with Gasteiger partial charge in [0.2, 0.25) is 0 Å². The fourth-order valence-corrected chi connectivity index (χ4v) is 2.25. The number of ether oxygens (including phenoxy) is 1. The quantitative estimate of drug-likeness (QED) is 0.704. The van der Waals surface area contributed by atoms with Gasteiger partial charge in [0, 0.05) is 38.0 Å². The molecule has 108 valence electrons. The molecule has 0 radical (unpaired) electrons. The molecule has 21 heavy (non-hydrogen) atoms. The van der Waals surface area contributed by atoms with Crippen LogP contribution in [0.1, 0.15) is 5.69 Å². The predicted octanol–water partition coefficient (Wildman–Crippen LogP) is 2.16. The van der Waals surface area contributed by atoms with Crippen LogP contribution in [-0.2, 0) is 11.3 Å². The van der Waals surface area contributed by atoms with Gasteiger partial charge in [-0.25, -0.2) is 4.68 Å². The van der Waals surface area contributed by atoms with Crippen LogP contribution in [0, 0.1) is 0 Å². The van der Waals surface area contributed by atoms with Crippen molar-refractivity contribution in [3.05, 3.63) is 54.5 Å². The second-order valence-corrected chi connectivity index (χ2v) is 4.77. The summed E-state index contributed by atoms with van der Waals surface area (Å²) in [5.41, 5.74) is 2.96. The smallest absolute Gasteiger partial charge is 0.0958 e. The second-order valence-electron chi connectivity index (χ2n) is 4.77. The number of para-hydroxylation sites is 1. The first-order valence-corrected chi connectivity index (χ1v) is 6.97. The van der Waals surface area contributed by atoms with Crippen LogP contribution in [0.4, 0.5) is 0 Å². The fourth-order valence-electron chi connectivity index (χ4n) is 2.25. The minimum atomic E-state index is 0.702. The summed E-state index contributed by atoms with van der Waals surface area (Å²) in [6, 6.07) is 12.1. The van der Waals surface area contributed by atoms with Gasteiger partial charge < -0.3 is 10.1 Å². The van der Waals surface area contributed by atoms with Gasteiger partial charge in [0.15, 0.2) is 0 Å². The Labute approximate surface area is 123 Å². The van der Waals surface area contributed by atoms with Gasteiger partial charge in [0.05, 0.1) is 23.5 Å². The Hall–Kier alpha value is -2.24. The summed E-state index contributed by atoms with van der Waals surface area (Å²) in [5, 5.41) is 9.01. The van der Waals surface area contributed by atoms with Crippen molar-refractivity contribution in [1.82, 2.24) is 20.1 Å². The molecule has 0 amide bonds. The van der Waals surface area contributed by atoms with E-state index in [1.54, 1.807) is 7.11 Å². The highest BCUT2D eigenvalue weighted by molar-refractivity contribution is 5.86. The molecule has 0 atom stereocenters. The fraction of sp³-hybridized carbons (Fsp3) is 0.250. The summed E-state index contributed by atoms with van der Waals surface area (Å²) in [4.78, 5) is 4.46. The summed E-state index contributed by atoms with van der Waals surface area (Å²) in [7, 11) is 1.70. The first-order chi connectivity index (χ1) is 10.4. The normalized spacial score (nSPS) is 11.1. The number of aromatic nitrogens is 3. The number of benzene rings is 1. The van der Waals surface area contributed by atoms with Gasteiger partial charge in [-0.3, -0.25) is 4.98 Å². The molecule has 2 heterocycles. The monoisotopic (exact) mass is 282 g/mol. The third kappa shape index (κ3) is 3.09. The van der Waals surface area contributed by atoms with E-state index in [9.17, 15) is 0 Å². The average molecular weight is 282 g/mol. The Bertz CT molecular complexity index is 718. The minimum absolute atomic E-state index is 0.702. The molecule has 0 bridgehead atoms. The van der Waals surface area contributed by atoms with E-state index in [0.29, 0.717) is 6.61 Å². The standard InChI is InChI=1S/C16H18N4O/c1-21-11-9-17-12-14-7-10-20(19-14)15-6-2-4-13-5-3-8-18-16(13)15/h2-8,10,17H,9,11-12H2,1H3. The van der Waals surface area contributed by atoms with Crippen LogP contribution in [0.15, 0.2) is 48.8 Å². The van der Waals surface area contributed by atoms with Gasteiger partial charge in [-0.2, -0.15) is 5.10 Å². The molecule has 1 N–H and O–H groups in total. The lowest BCUT2D eigenvalue weighted by molar-refractivity contribution is 0.199. The Morgan fingerprint density at radius 1 is 1.19 bits per heavy atom. The number of nitrogens with zero attached hydrogens (tertiary/aromatic N) is 3. The van der Waals surface area contributed by atoms with Crippen molar-refractivity contribution in [3.63, 3.8) is 0 Å². The van der Waals surface area contributed by atoms with E-state index in [1.807, 2.05) is 41.3 Å². The lowest BCUT2D eigenvalue weighted by atomic mass is 10.2. The van der Waals surface area contributed by atoms with E-state index in [0.717, 1.165) is 35.4 Å². The van der Waals surface area contributed by atoms with Crippen molar-refractivity contribution in [3.8, 4) is 5.69 Å². The molecule has 0 unspecified atom stereocenters. The molecule has 0 aliphatic carbocycles. The summed E-state index contributed by atoms with van der Waals surface area (Å²) >= 11 is 0. The van der Waals surface area contributed by atoms with Crippen LogP contribution in [-0.4, -0.2) is 35.0 Å². The zero-order chi connectivity index (χ0) is 14.5. The van der Waals surface area contributed by atoms with Crippen molar-refractivity contribution in [2.24, 2.45) is 0 Å². The van der Waals surface area contributed by atoms with Gasteiger partial charge in [-0.1, -0.05) is 18.2 Å². The van der Waals surface area contributed by atoms with Crippen LogP contribution in [0.3, 0.4) is 0 Å². The average Bonchev–Trinajstić information content (AvgIpc) is 3.00. The minimum Gasteiger partial charge on any atom is -0.383 e. The van der Waals surface area contributed by atoms with Crippen molar-refractivity contribution in [2.45, 2.75) is 6.54 Å². The van der Waals surface area contributed by atoms with Crippen LogP contribution < -0.4 is 5.32 Å². The molecular formula is C16H18N4O. The highest BCUT2D eigenvalue weighted by Gasteiger charge is 2.06. The molecular weight excluding hydrogens is 264 g/mol. The Morgan fingerprint density at radius 2 is 2.10 bits per heavy atom. The maximum atomic E-state index is 5.01. The van der Waals surface area contributed by atoms with E-state index >= 15 is 0 Å². The highest BCUT2D eigenvalue weighted by Crippen LogP contribution is 2.19. The molecule has 0 spiro atoms. The van der Waals surface area contributed by atoms with Gasteiger partial charge in [-0.05, 0) is 18.2 Å². The third-order valence-corrected chi connectivity index (χ3v) is 3.29. The van der Waals surface area contributed by atoms with E-state index in [2.05, 4.69) is 27.5 Å². The third-order valence-electron chi connectivity index (χ3n) is 3.29. The van der Waals surface area contributed by atoms with Gasteiger partial charge in [-0.15, -0.1) is 0 Å². The van der Waals surface area contributed by atoms with Crippen LogP contribution >= 0.6 is 0 Å². The maximum Gasteiger partial charge on any atom is 0.0958 e. The molecule has 3 rings (SSSR count). The number of methoxy groups -OCH3 is 1. The Balaban J connectivity index is 1.81. The molecule has 3 aromatic rings. The van der Waals surface area contributed by atoms with Crippen molar-refractivity contribution >= 4 is 10.9 Å². The van der Waals surface area contributed by atoms with Crippen LogP contribution in [0.2, 0.25) is 0 Å². The zero-order valence-electron chi connectivity index (χ0n) is 12.0. The lowest BCUT2D eigenvalue weighted by Crippen LogP contribution is -2.18. The lowest BCUT2D eigenvalue weighted by Gasteiger charge is -2.05. The van der Waals surface area contributed by atoms with E-state index in [-0.39, 0.29) is 0 Å². The van der Waals surface area contributed by atoms with Crippen molar-refractivity contribution < 1.29 is 4.74 Å². The summed E-state index contributed by atoms with van der Waals surface area (Å²) < 4.78 is 6.88. The van der Waals surface area contributed by atoms with Crippen molar-refractivity contribution in [2.75, 3.05) is 20.3 Å². The number of hydrogen-bond donors (Lipinski definition) is 1. The highest BCUT2D eigenvalue weighted by atomic mass is 16.5. The number of hydrogen-bond acceptors (Lipinski definition) is 4. The van der Waals surface area contributed by atoms with Crippen LogP contribution in [0.5, 0.6) is 0 Å². The maximum absolute atomic E-state index is 5.01. The molecule has 0 saturated carbocycles. The number of rotatable bonds is 6. The van der Waals surface area contributed by atoms with Crippen molar-refractivity contribution in [1.29, 1.82) is 0 Å². The predicted molar refractivity (Wildman–Crippen MR) is 82.4 cm³/mol. The molecule has 0 fully saturated rings. The molecule has 0 aliphatic rings. The SMILES string of the molecule is COCCNCc1ccn(-c2cccc3cccnc23)n1. The Kier molecular flexibility index (Phi) is 4.23. The zero-order valence-corrected chi connectivity index (χ0v) is 12.0. The molecule has 0 aliphatic heterocycles. The van der Waals surface area contributed by atoms with E-state index in [1.165, 1.54) is 0 Å². The molecule has 1 aromatic carbocycles. The number of pyridine rings is 1. The molecule has 5 heteroatoms. The topological polar surface area (TPSA) is 52.0 Å². The van der Waals surface area contributed by atoms with Gasteiger partial charge in [0.25, 0.3) is 0 Å². The molecule has 2 aromatic heterocycles.